The Balaban J connectivity index is 3.11. The predicted octanol–water partition coefficient (Wildman–Crippen LogP) is 4.76. The van der Waals surface area contributed by atoms with Gasteiger partial charge in [-0.15, -0.1) is 11.6 Å². The van der Waals surface area contributed by atoms with Gasteiger partial charge in [-0.1, -0.05) is 43.7 Å². The van der Waals surface area contributed by atoms with E-state index in [1.54, 1.807) is 0 Å². The molecule has 0 aromatic heterocycles. The summed E-state index contributed by atoms with van der Waals surface area (Å²) in [7, 11) is 0. The zero-order valence-corrected chi connectivity index (χ0v) is 11.3. The summed E-state index contributed by atoms with van der Waals surface area (Å²) in [5.74, 6) is 0.700. The highest BCUT2D eigenvalue weighted by molar-refractivity contribution is 6.17. The van der Waals surface area contributed by atoms with Gasteiger partial charge in [-0.3, -0.25) is 0 Å². The maximum Gasteiger partial charge on any atom is 0.0258 e. The van der Waals surface area contributed by atoms with Crippen molar-refractivity contribution in [2.75, 3.05) is 5.88 Å². The SMILES string of the molecule is CCc1cc(C)cc(CC)c1C=CCCCl. The highest BCUT2D eigenvalue weighted by Gasteiger charge is 2.04. The minimum absolute atomic E-state index is 0.700. The molecule has 0 aliphatic carbocycles. The third kappa shape index (κ3) is 3.38. The Morgan fingerprint density at radius 2 is 1.69 bits per heavy atom. The lowest BCUT2D eigenvalue weighted by Gasteiger charge is -2.11. The molecule has 0 bridgehead atoms. The number of alkyl halides is 1. The van der Waals surface area contributed by atoms with Gasteiger partial charge in [-0.05, 0) is 42.9 Å². The van der Waals surface area contributed by atoms with Crippen LogP contribution in [0.5, 0.6) is 0 Å². The zero-order chi connectivity index (χ0) is 12.0. The van der Waals surface area contributed by atoms with Crippen LogP contribution < -0.4 is 0 Å². The molecule has 0 unspecified atom stereocenters. The number of rotatable bonds is 5. The molecule has 0 amide bonds. The van der Waals surface area contributed by atoms with Crippen LogP contribution in [0.3, 0.4) is 0 Å². The second-order valence-corrected chi connectivity index (χ2v) is 4.46. The van der Waals surface area contributed by atoms with Gasteiger partial charge < -0.3 is 0 Å². The smallest absolute Gasteiger partial charge is 0.0258 e. The molecule has 1 aromatic rings. The molecule has 16 heavy (non-hydrogen) atoms. The maximum atomic E-state index is 5.69. The van der Waals surface area contributed by atoms with Crippen LogP contribution in [0.25, 0.3) is 6.08 Å². The fraction of sp³-hybridized carbons (Fsp3) is 0.467. The second-order valence-electron chi connectivity index (χ2n) is 4.08. The van der Waals surface area contributed by atoms with Crippen molar-refractivity contribution in [2.45, 2.75) is 40.0 Å². The fourth-order valence-corrected chi connectivity index (χ4v) is 2.14. The third-order valence-corrected chi connectivity index (χ3v) is 3.04. The van der Waals surface area contributed by atoms with E-state index in [4.69, 9.17) is 11.6 Å². The summed E-state index contributed by atoms with van der Waals surface area (Å²) in [5, 5.41) is 0. The lowest BCUT2D eigenvalue weighted by atomic mass is 9.94. The van der Waals surface area contributed by atoms with E-state index in [0.29, 0.717) is 5.88 Å². The van der Waals surface area contributed by atoms with E-state index >= 15 is 0 Å². The molecule has 0 atom stereocenters. The van der Waals surface area contributed by atoms with Crippen molar-refractivity contribution >= 4 is 17.7 Å². The average Bonchev–Trinajstić information content (AvgIpc) is 2.30. The van der Waals surface area contributed by atoms with Gasteiger partial charge in [0.15, 0.2) is 0 Å². The van der Waals surface area contributed by atoms with Crippen molar-refractivity contribution in [3.05, 3.63) is 40.5 Å². The van der Waals surface area contributed by atoms with Gasteiger partial charge in [0.05, 0.1) is 0 Å². The van der Waals surface area contributed by atoms with Crippen molar-refractivity contribution in [1.29, 1.82) is 0 Å². The van der Waals surface area contributed by atoms with Crippen LogP contribution in [-0.4, -0.2) is 5.88 Å². The Morgan fingerprint density at radius 1 is 1.12 bits per heavy atom. The lowest BCUT2D eigenvalue weighted by Crippen LogP contribution is -1.95. The average molecular weight is 237 g/mol. The standard InChI is InChI=1S/C15H21Cl/c1-4-13-10-12(3)11-14(5-2)15(13)8-6-7-9-16/h6,8,10-11H,4-5,7,9H2,1-3H3. The first-order valence-electron chi connectivity index (χ1n) is 6.07. The van der Waals surface area contributed by atoms with E-state index in [1.165, 1.54) is 22.3 Å². The van der Waals surface area contributed by atoms with E-state index in [1.807, 2.05) is 0 Å². The minimum atomic E-state index is 0.700. The molecule has 0 aliphatic rings. The van der Waals surface area contributed by atoms with Crippen LogP contribution in [0.2, 0.25) is 0 Å². The molecule has 0 radical (unpaired) electrons. The third-order valence-electron chi connectivity index (χ3n) is 2.82. The van der Waals surface area contributed by atoms with Crippen LogP contribution >= 0.6 is 11.6 Å². The van der Waals surface area contributed by atoms with Crippen LogP contribution in [0.15, 0.2) is 18.2 Å². The van der Waals surface area contributed by atoms with Crippen molar-refractivity contribution in [3.8, 4) is 0 Å². The van der Waals surface area contributed by atoms with Gasteiger partial charge in [0.25, 0.3) is 0 Å². The van der Waals surface area contributed by atoms with Crippen LogP contribution in [0.1, 0.15) is 42.5 Å². The molecule has 0 aliphatic heterocycles. The molecule has 1 rings (SSSR count). The summed E-state index contributed by atoms with van der Waals surface area (Å²) in [6.45, 7) is 6.60. The molecular weight excluding hydrogens is 216 g/mol. The van der Waals surface area contributed by atoms with E-state index in [2.05, 4.69) is 45.1 Å². The molecule has 88 valence electrons. The largest absolute Gasteiger partial charge is 0.126 e. The number of hydrogen-bond donors (Lipinski definition) is 0. The van der Waals surface area contributed by atoms with Gasteiger partial charge in [0, 0.05) is 5.88 Å². The summed E-state index contributed by atoms with van der Waals surface area (Å²) < 4.78 is 0. The number of aryl methyl sites for hydroxylation is 3. The first-order valence-corrected chi connectivity index (χ1v) is 6.61. The molecule has 1 heteroatoms. The molecule has 0 N–H and O–H groups in total. The van der Waals surface area contributed by atoms with E-state index in [0.717, 1.165) is 19.3 Å². The minimum Gasteiger partial charge on any atom is -0.126 e. The van der Waals surface area contributed by atoms with Crippen molar-refractivity contribution < 1.29 is 0 Å². The van der Waals surface area contributed by atoms with Gasteiger partial charge >= 0.3 is 0 Å². The Labute approximate surface area is 104 Å². The Morgan fingerprint density at radius 3 is 2.12 bits per heavy atom. The number of hydrogen-bond acceptors (Lipinski definition) is 0. The van der Waals surface area contributed by atoms with E-state index in [-0.39, 0.29) is 0 Å². The monoisotopic (exact) mass is 236 g/mol. The summed E-state index contributed by atoms with van der Waals surface area (Å²) in [6.07, 6.45) is 7.54. The highest BCUT2D eigenvalue weighted by Crippen LogP contribution is 2.21. The Hall–Kier alpha value is -0.750. The fourth-order valence-electron chi connectivity index (χ4n) is 2.02. The molecule has 1 aromatic carbocycles. The summed E-state index contributed by atoms with van der Waals surface area (Å²) >= 11 is 5.69. The quantitative estimate of drug-likeness (QED) is 0.647. The molecule has 0 saturated heterocycles. The van der Waals surface area contributed by atoms with Crippen LogP contribution in [-0.2, 0) is 12.8 Å². The van der Waals surface area contributed by atoms with E-state index < -0.39 is 0 Å². The molecular formula is C15H21Cl. The number of benzene rings is 1. The topological polar surface area (TPSA) is 0 Å². The first kappa shape index (κ1) is 13.3. The maximum absolute atomic E-state index is 5.69. The molecule has 0 fully saturated rings. The first-order chi connectivity index (χ1) is 7.72. The highest BCUT2D eigenvalue weighted by atomic mass is 35.5. The van der Waals surface area contributed by atoms with Gasteiger partial charge in [-0.2, -0.15) is 0 Å². The van der Waals surface area contributed by atoms with Crippen molar-refractivity contribution in [3.63, 3.8) is 0 Å². The Kier molecular flexibility index (Phi) is 5.62. The van der Waals surface area contributed by atoms with Crippen LogP contribution in [0, 0.1) is 6.92 Å². The summed E-state index contributed by atoms with van der Waals surface area (Å²) in [6, 6.07) is 4.58. The molecule has 0 nitrogen and oxygen atoms in total. The predicted molar refractivity (Wildman–Crippen MR) is 74.3 cm³/mol. The molecule has 0 spiro atoms. The molecule has 0 saturated carbocycles. The zero-order valence-electron chi connectivity index (χ0n) is 10.5. The summed E-state index contributed by atoms with van der Waals surface area (Å²) in [5.41, 5.74) is 5.66. The second kappa shape index (κ2) is 6.75. The van der Waals surface area contributed by atoms with E-state index in [9.17, 15) is 0 Å². The Bertz CT molecular complexity index is 339. The number of allylic oxidation sites excluding steroid dienone is 1. The van der Waals surface area contributed by atoms with Crippen molar-refractivity contribution in [2.24, 2.45) is 0 Å². The van der Waals surface area contributed by atoms with Gasteiger partial charge in [0.1, 0.15) is 0 Å². The molecule has 0 heterocycles. The van der Waals surface area contributed by atoms with Crippen molar-refractivity contribution in [1.82, 2.24) is 0 Å². The van der Waals surface area contributed by atoms with Crippen LogP contribution in [0.4, 0.5) is 0 Å². The summed E-state index contributed by atoms with van der Waals surface area (Å²) in [4.78, 5) is 0. The normalized spacial score (nSPS) is 11.2. The number of halogens is 1. The lowest BCUT2D eigenvalue weighted by molar-refractivity contribution is 1.06. The van der Waals surface area contributed by atoms with Gasteiger partial charge in [0.2, 0.25) is 0 Å². The van der Waals surface area contributed by atoms with Gasteiger partial charge in [-0.25, -0.2) is 0 Å².